The van der Waals surface area contributed by atoms with Crippen LogP contribution in [0.25, 0.3) is 0 Å². The highest BCUT2D eigenvalue weighted by atomic mass is 16.4. The van der Waals surface area contributed by atoms with Gasteiger partial charge in [0.1, 0.15) is 0 Å². The molecule has 4 nitrogen and oxygen atoms in total. The van der Waals surface area contributed by atoms with E-state index in [0.717, 1.165) is 0 Å². The van der Waals surface area contributed by atoms with Crippen LogP contribution in [-0.2, 0) is 4.79 Å². The fourth-order valence-electron chi connectivity index (χ4n) is 1.00. The van der Waals surface area contributed by atoms with Crippen molar-refractivity contribution in [2.24, 2.45) is 5.92 Å². The summed E-state index contributed by atoms with van der Waals surface area (Å²) in [6.07, 6.45) is 0.528. The van der Waals surface area contributed by atoms with Gasteiger partial charge in [0.25, 0.3) is 0 Å². The van der Waals surface area contributed by atoms with Crippen LogP contribution in [0.4, 0.5) is 0 Å². The number of carboxylic acids is 1. The molecule has 0 aliphatic carbocycles. The van der Waals surface area contributed by atoms with Crippen molar-refractivity contribution in [3.05, 3.63) is 0 Å². The largest absolute Gasteiger partial charge is 0.480 e. The van der Waals surface area contributed by atoms with Crippen LogP contribution in [0, 0.1) is 5.92 Å². The first-order valence-corrected chi connectivity index (χ1v) is 4.10. The van der Waals surface area contributed by atoms with Gasteiger partial charge in [0.2, 0.25) is 0 Å². The third-order valence-electron chi connectivity index (χ3n) is 1.45. The predicted molar refractivity (Wildman–Crippen MR) is 47.9 cm³/mol. The summed E-state index contributed by atoms with van der Waals surface area (Å²) in [5.74, 6) is -0.609. The Morgan fingerprint density at radius 2 is 2.08 bits per heavy atom. The number of nitrogens with one attached hydrogen (secondary N) is 1. The number of carboxylic acid groups (broad SMARTS) is 1. The summed E-state index contributed by atoms with van der Waals surface area (Å²) in [5, 5.41) is 20.2. The molecule has 70 valence electrons. The van der Waals surface area contributed by atoms with Gasteiger partial charge in [-0.25, -0.2) is 0 Å². The standard InChI is InChI=1S/C7H16BNO3/c1-5(2)4-6(7(10)11)9-8(3)12/h5-6,9,12H,4H2,1-3H3,(H,10,11)/t6-/m0/s1. The lowest BCUT2D eigenvalue weighted by Gasteiger charge is -2.16. The van der Waals surface area contributed by atoms with E-state index in [0.29, 0.717) is 12.3 Å². The lowest BCUT2D eigenvalue weighted by molar-refractivity contribution is -0.139. The summed E-state index contributed by atoms with van der Waals surface area (Å²) < 4.78 is 0. The smallest absolute Gasteiger partial charge is 0.374 e. The Kier molecular flexibility index (Phi) is 4.93. The molecule has 12 heavy (non-hydrogen) atoms. The molecular weight excluding hydrogens is 157 g/mol. The van der Waals surface area contributed by atoms with Crippen LogP contribution in [0.3, 0.4) is 0 Å². The highest BCUT2D eigenvalue weighted by molar-refractivity contribution is 6.45. The van der Waals surface area contributed by atoms with Crippen LogP contribution in [0.5, 0.6) is 0 Å². The lowest BCUT2D eigenvalue weighted by Crippen LogP contribution is -2.45. The molecular formula is C7H16BNO3. The molecule has 3 N–H and O–H groups in total. The van der Waals surface area contributed by atoms with Crippen molar-refractivity contribution >= 4 is 13.0 Å². The molecule has 0 fully saturated rings. The van der Waals surface area contributed by atoms with E-state index in [-0.39, 0.29) is 0 Å². The fourth-order valence-corrected chi connectivity index (χ4v) is 1.00. The first kappa shape index (κ1) is 11.5. The van der Waals surface area contributed by atoms with Crippen LogP contribution in [0.2, 0.25) is 6.82 Å². The minimum Gasteiger partial charge on any atom is -0.480 e. The summed E-state index contributed by atoms with van der Waals surface area (Å²) in [7, 11) is -0.773. The Bertz CT molecular complexity index is 140. The van der Waals surface area contributed by atoms with Crippen molar-refractivity contribution in [3.63, 3.8) is 0 Å². The van der Waals surface area contributed by atoms with Gasteiger partial charge >= 0.3 is 13.0 Å². The van der Waals surface area contributed by atoms with E-state index in [2.05, 4.69) is 5.23 Å². The first-order chi connectivity index (χ1) is 5.43. The van der Waals surface area contributed by atoms with E-state index in [4.69, 9.17) is 10.1 Å². The number of rotatable bonds is 5. The average molecular weight is 173 g/mol. The molecule has 5 heteroatoms. The molecule has 0 saturated heterocycles. The van der Waals surface area contributed by atoms with Crippen molar-refractivity contribution in [2.45, 2.75) is 33.1 Å². The molecule has 0 radical (unpaired) electrons. The number of carbonyl (C=O) groups is 1. The zero-order chi connectivity index (χ0) is 9.72. The van der Waals surface area contributed by atoms with Gasteiger partial charge < -0.3 is 15.4 Å². The second-order valence-electron chi connectivity index (χ2n) is 3.36. The molecule has 0 aromatic heterocycles. The highest BCUT2D eigenvalue weighted by Crippen LogP contribution is 2.04. The Morgan fingerprint density at radius 3 is 2.33 bits per heavy atom. The maximum absolute atomic E-state index is 10.6. The minimum atomic E-state index is -0.912. The van der Waals surface area contributed by atoms with E-state index < -0.39 is 19.1 Å². The quantitative estimate of drug-likeness (QED) is 0.519. The van der Waals surface area contributed by atoms with Crippen molar-refractivity contribution in [3.8, 4) is 0 Å². The molecule has 0 saturated carbocycles. The molecule has 0 aliphatic heterocycles. The van der Waals surface area contributed by atoms with Crippen molar-refractivity contribution in [2.75, 3.05) is 0 Å². The monoisotopic (exact) mass is 173 g/mol. The van der Waals surface area contributed by atoms with E-state index in [9.17, 15) is 4.79 Å². The summed E-state index contributed by atoms with van der Waals surface area (Å²) in [6, 6.07) is -0.648. The van der Waals surface area contributed by atoms with Gasteiger partial charge in [-0.3, -0.25) is 4.79 Å². The van der Waals surface area contributed by atoms with Gasteiger partial charge in [-0.1, -0.05) is 13.8 Å². The summed E-state index contributed by atoms with van der Waals surface area (Å²) in [4.78, 5) is 10.6. The lowest BCUT2D eigenvalue weighted by atomic mass is 9.86. The molecule has 0 rings (SSSR count). The van der Waals surface area contributed by atoms with Gasteiger partial charge in [0.15, 0.2) is 0 Å². The normalized spacial score (nSPS) is 13.1. The van der Waals surface area contributed by atoms with E-state index in [1.54, 1.807) is 0 Å². The maximum atomic E-state index is 10.6. The Morgan fingerprint density at radius 1 is 1.58 bits per heavy atom. The van der Waals surface area contributed by atoms with Crippen LogP contribution in [-0.4, -0.2) is 29.2 Å². The van der Waals surface area contributed by atoms with Crippen LogP contribution in [0.15, 0.2) is 0 Å². The molecule has 0 aromatic rings. The van der Waals surface area contributed by atoms with Gasteiger partial charge in [-0.2, -0.15) is 0 Å². The van der Waals surface area contributed by atoms with E-state index in [1.165, 1.54) is 6.82 Å². The van der Waals surface area contributed by atoms with Crippen molar-refractivity contribution < 1.29 is 14.9 Å². The highest BCUT2D eigenvalue weighted by Gasteiger charge is 2.20. The molecule has 0 bridgehead atoms. The number of hydrogen-bond donors (Lipinski definition) is 3. The fraction of sp³-hybridized carbons (Fsp3) is 0.857. The molecule has 0 unspecified atom stereocenters. The molecule has 0 amide bonds. The average Bonchev–Trinajstić information content (AvgIpc) is 1.83. The second-order valence-corrected chi connectivity index (χ2v) is 3.36. The number of aliphatic carboxylic acids is 1. The van der Waals surface area contributed by atoms with Gasteiger partial charge in [-0.05, 0) is 19.2 Å². The Labute approximate surface area is 73.1 Å². The van der Waals surface area contributed by atoms with Crippen molar-refractivity contribution in [1.29, 1.82) is 0 Å². The molecule has 0 aliphatic rings. The van der Waals surface area contributed by atoms with Crippen LogP contribution < -0.4 is 5.23 Å². The summed E-state index contributed by atoms with van der Waals surface area (Å²) in [5.41, 5.74) is 0. The first-order valence-electron chi connectivity index (χ1n) is 4.10. The third kappa shape index (κ3) is 5.15. The molecule has 0 heterocycles. The van der Waals surface area contributed by atoms with Gasteiger partial charge in [-0.15, -0.1) is 0 Å². The predicted octanol–water partition coefficient (Wildman–Crippen LogP) is 0.186. The van der Waals surface area contributed by atoms with Crippen molar-refractivity contribution in [1.82, 2.24) is 5.23 Å². The number of hydrogen-bond acceptors (Lipinski definition) is 3. The second kappa shape index (κ2) is 5.16. The molecule has 0 aromatic carbocycles. The van der Waals surface area contributed by atoms with E-state index >= 15 is 0 Å². The molecule has 0 spiro atoms. The summed E-state index contributed by atoms with van der Waals surface area (Å²) >= 11 is 0. The zero-order valence-electron chi connectivity index (χ0n) is 7.74. The molecule has 1 atom stereocenters. The Hall–Kier alpha value is -0.545. The Balaban J connectivity index is 3.96. The third-order valence-corrected chi connectivity index (χ3v) is 1.45. The van der Waals surface area contributed by atoms with Crippen LogP contribution >= 0.6 is 0 Å². The van der Waals surface area contributed by atoms with Gasteiger partial charge in [0, 0.05) is 0 Å². The zero-order valence-corrected chi connectivity index (χ0v) is 7.74. The summed E-state index contributed by atoms with van der Waals surface area (Å²) in [6.45, 7) is 5.40. The van der Waals surface area contributed by atoms with E-state index in [1.807, 2.05) is 13.8 Å². The van der Waals surface area contributed by atoms with Gasteiger partial charge in [0.05, 0.1) is 6.04 Å². The SMILES string of the molecule is CB(O)N[C@@H](CC(C)C)C(=O)O. The minimum absolute atomic E-state index is 0.303. The maximum Gasteiger partial charge on any atom is 0.374 e. The topological polar surface area (TPSA) is 69.6 Å². The van der Waals surface area contributed by atoms with Crippen LogP contribution in [0.1, 0.15) is 20.3 Å².